The summed E-state index contributed by atoms with van der Waals surface area (Å²) in [6.45, 7) is 4.20. The van der Waals surface area contributed by atoms with Crippen LogP contribution < -0.4 is 0 Å². The van der Waals surface area contributed by atoms with Crippen molar-refractivity contribution in [3.8, 4) is 11.4 Å². The smallest absolute Gasteiger partial charge is 0.154 e. The second-order valence-electron chi connectivity index (χ2n) is 4.76. The molecule has 2 aromatic rings. The van der Waals surface area contributed by atoms with Crippen LogP contribution in [0.3, 0.4) is 0 Å². The Balaban J connectivity index is 1.97. The SMILES string of the molecule is CC(C)n1ccc(-c2noc(C3CC3)c2Br)n1. The van der Waals surface area contributed by atoms with Gasteiger partial charge in [0.05, 0.1) is 4.47 Å². The van der Waals surface area contributed by atoms with Crippen LogP contribution >= 0.6 is 15.9 Å². The lowest BCUT2D eigenvalue weighted by Gasteiger charge is -2.02. The first kappa shape index (κ1) is 11.0. The van der Waals surface area contributed by atoms with Crippen LogP contribution in [0.4, 0.5) is 0 Å². The highest BCUT2D eigenvalue weighted by Gasteiger charge is 2.32. The van der Waals surface area contributed by atoms with Crippen molar-refractivity contribution in [3.63, 3.8) is 0 Å². The summed E-state index contributed by atoms with van der Waals surface area (Å²) in [5.74, 6) is 1.52. The summed E-state index contributed by atoms with van der Waals surface area (Å²) in [6, 6.07) is 2.33. The molecular weight excluding hydrogens is 282 g/mol. The lowest BCUT2D eigenvalue weighted by atomic mass is 10.2. The molecule has 1 saturated carbocycles. The molecule has 0 spiro atoms. The van der Waals surface area contributed by atoms with Gasteiger partial charge in [0.2, 0.25) is 0 Å². The number of halogens is 1. The van der Waals surface area contributed by atoms with Gasteiger partial charge in [-0.05, 0) is 48.7 Å². The van der Waals surface area contributed by atoms with Crippen molar-refractivity contribution in [2.45, 2.75) is 38.6 Å². The summed E-state index contributed by atoms with van der Waals surface area (Å²) in [4.78, 5) is 0. The normalized spacial score (nSPS) is 15.8. The minimum atomic E-state index is 0.359. The monoisotopic (exact) mass is 295 g/mol. The topological polar surface area (TPSA) is 43.9 Å². The Labute approximate surface area is 108 Å². The van der Waals surface area contributed by atoms with Gasteiger partial charge in [0.1, 0.15) is 11.4 Å². The van der Waals surface area contributed by atoms with E-state index in [0.717, 1.165) is 21.6 Å². The Morgan fingerprint density at radius 1 is 1.47 bits per heavy atom. The van der Waals surface area contributed by atoms with Crippen LogP contribution in [-0.4, -0.2) is 14.9 Å². The number of nitrogens with zero attached hydrogens (tertiary/aromatic N) is 3. The van der Waals surface area contributed by atoms with Crippen molar-refractivity contribution < 1.29 is 4.52 Å². The van der Waals surface area contributed by atoms with E-state index >= 15 is 0 Å². The number of hydrogen-bond acceptors (Lipinski definition) is 3. The molecule has 0 bridgehead atoms. The van der Waals surface area contributed by atoms with Gasteiger partial charge in [0.25, 0.3) is 0 Å². The van der Waals surface area contributed by atoms with Gasteiger partial charge >= 0.3 is 0 Å². The maximum atomic E-state index is 5.40. The fourth-order valence-corrected chi connectivity index (χ4v) is 2.47. The van der Waals surface area contributed by atoms with Crippen molar-refractivity contribution >= 4 is 15.9 Å². The molecule has 4 nitrogen and oxygen atoms in total. The summed E-state index contributed by atoms with van der Waals surface area (Å²) in [5, 5.41) is 8.62. The van der Waals surface area contributed by atoms with Crippen LogP contribution in [0.1, 0.15) is 44.4 Å². The maximum Gasteiger partial charge on any atom is 0.154 e. The minimum Gasteiger partial charge on any atom is -0.359 e. The van der Waals surface area contributed by atoms with Gasteiger partial charge in [-0.15, -0.1) is 0 Å². The summed E-state index contributed by atoms with van der Waals surface area (Å²) < 4.78 is 8.29. The summed E-state index contributed by atoms with van der Waals surface area (Å²) in [7, 11) is 0. The number of rotatable bonds is 3. The van der Waals surface area contributed by atoms with Crippen LogP contribution in [0.2, 0.25) is 0 Å². The van der Waals surface area contributed by atoms with Gasteiger partial charge < -0.3 is 4.52 Å². The highest BCUT2D eigenvalue weighted by Crippen LogP contribution is 2.45. The summed E-state index contributed by atoms with van der Waals surface area (Å²) >= 11 is 3.57. The molecule has 0 amide bonds. The molecule has 2 heterocycles. The van der Waals surface area contributed by atoms with Crippen molar-refractivity contribution in [3.05, 3.63) is 22.5 Å². The fraction of sp³-hybridized carbons (Fsp3) is 0.500. The van der Waals surface area contributed by atoms with Gasteiger partial charge in [0, 0.05) is 18.2 Å². The minimum absolute atomic E-state index is 0.359. The van der Waals surface area contributed by atoms with Crippen LogP contribution in [0.25, 0.3) is 11.4 Å². The third-order valence-electron chi connectivity index (χ3n) is 2.99. The molecular formula is C12H14BrN3O. The van der Waals surface area contributed by atoms with E-state index in [1.165, 1.54) is 12.8 Å². The van der Waals surface area contributed by atoms with Crippen molar-refractivity contribution in [2.75, 3.05) is 0 Å². The molecule has 0 aliphatic heterocycles. The lowest BCUT2D eigenvalue weighted by molar-refractivity contribution is 0.385. The highest BCUT2D eigenvalue weighted by molar-refractivity contribution is 9.10. The second kappa shape index (κ2) is 3.98. The van der Waals surface area contributed by atoms with E-state index in [-0.39, 0.29) is 0 Å². The van der Waals surface area contributed by atoms with Crippen LogP contribution in [0.5, 0.6) is 0 Å². The summed E-state index contributed by atoms with van der Waals surface area (Å²) in [5.41, 5.74) is 1.67. The van der Waals surface area contributed by atoms with Crippen molar-refractivity contribution in [2.24, 2.45) is 0 Å². The van der Waals surface area contributed by atoms with Gasteiger partial charge in [0.15, 0.2) is 5.76 Å². The molecule has 1 fully saturated rings. The Bertz CT molecular complexity index is 540. The first-order chi connectivity index (χ1) is 8.16. The van der Waals surface area contributed by atoms with E-state index in [0.29, 0.717) is 12.0 Å². The Morgan fingerprint density at radius 3 is 2.82 bits per heavy atom. The van der Waals surface area contributed by atoms with Crippen LogP contribution in [0.15, 0.2) is 21.3 Å². The Kier molecular flexibility index (Phi) is 2.58. The van der Waals surface area contributed by atoms with E-state index in [1.807, 2.05) is 16.9 Å². The van der Waals surface area contributed by atoms with Crippen molar-refractivity contribution in [1.29, 1.82) is 0 Å². The molecule has 0 unspecified atom stereocenters. The molecule has 0 atom stereocenters. The molecule has 0 saturated heterocycles. The molecule has 2 aromatic heterocycles. The Hall–Kier alpha value is -1.10. The van der Waals surface area contributed by atoms with Gasteiger partial charge in [-0.2, -0.15) is 5.10 Å². The van der Waals surface area contributed by atoms with Gasteiger partial charge in [-0.25, -0.2) is 0 Å². The molecule has 17 heavy (non-hydrogen) atoms. The molecule has 0 radical (unpaired) electrons. The molecule has 90 valence electrons. The zero-order chi connectivity index (χ0) is 12.0. The van der Waals surface area contributed by atoms with E-state index in [9.17, 15) is 0 Å². The fourth-order valence-electron chi connectivity index (χ4n) is 1.80. The standard InChI is InChI=1S/C12H14BrN3O/c1-7(2)16-6-5-9(14-16)11-10(13)12(17-15-11)8-3-4-8/h5-8H,3-4H2,1-2H3. The van der Waals surface area contributed by atoms with Gasteiger partial charge in [-0.3, -0.25) is 4.68 Å². The van der Waals surface area contributed by atoms with Gasteiger partial charge in [-0.1, -0.05) is 5.16 Å². The number of aromatic nitrogens is 3. The average molecular weight is 296 g/mol. The van der Waals surface area contributed by atoms with E-state index in [1.54, 1.807) is 0 Å². The molecule has 1 aliphatic rings. The number of hydrogen-bond donors (Lipinski definition) is 0. The molecule has 0 N–H and O–H groups in total. The van der Waals surface area contributed by atoms with Crippen molar-refractivity contribution in [1.82, 2.24) is 14.9 Å². The summed E-state index contributed by atoms with van der Waals surface area (Å²) in [6.07, 6.45) is 4.37. The first-order valence-corrected chi connectivity index (χ1v) is 6.66. The predicted octanol–water partition coefficient (Wildman–Crippen LogP) is 3.76. The first-order valence-electron chi connectivity index (χ1n) is 5.87. The van der Waals surface area contributed by atoms with Crippen LogP contribution in [0, 0.1) is 0 Å². The predicted molar refractivity (Wildman–Crippen MR) is 67.8 cm³/mol. The molecule has 3 rings (SSSR count). The zero-order valence-electron chi connectivity index (χ0n) is 9.85. The van der Waals surface area contributed by atoms with Crippen LogP contribution in [-0.2, 0) is 0 Å². The zero-order valence-corrected chi connectivity index (χ0v) is 11.4. The quantitative estimate of drug-likeness (QED) is 0.866. The third kappa shape index (κ3) is 1.92. The highest BCUT2D eigenvalue weighted by atomic mass is 79.9. The second-order valence-corrected chi connectivity index (χ2v) is 5.55. The molecule has 0 aromatic carbocycles. The molecule has 5 heteroatoms. The largest absolute Gasteiger partial charge is 0.359 e. The maximum absolute atomic E-state index is 5.40. The average Bonchev–Trinajstić information content (AvgIpc) is 2.88. The Morgan fingerprint density at radius 2 is 2.24 bits per heavy atom. The lowest BCUT2D eigenvalue weighted by Crippen LogP contribution is -2.00. The van der Waals surface area contributed by atoms with E-state index in [2.05, 4.69) is 40.0 Å². The molecule has 1 aliphatic carbocycles. The third-order valence-corrected chi connectivity index (χ3v) is 3.75. The van der Waals surface area contributed by atoms with E-state index in [4.69, 9.17) is 4.52 Å². The van der Waals surface area contributed by atoms with E-state index < -0.39 is 0 Å².